The first-order chi connectivity index (χ1) is 9.06. The van der Waals surface area contributed by atoms with Crippen LogP contribution in [0.1, 0.15) is 32.5 Å². The number of carbonyl (C=O) groups is 1. The van der Waals surface area contributed by atoms with E-state index < -0.39 is 0 Å². The van der Waals surface area contributed by atoms with Gasteiger partial charge in [0.05, 0.1) is 17.6 Å². The highest BCUT2D eigenvalue weighted by molar-refractivity contribution is 5.81. The van der Waals surface area contributed by atoms with Gasteiger partial charge in [0.2, 0.25) is 0 Å². The second kappa shape index (κ2) is 5.43. The monoisotopic (exact) mass is 260 g/mol. The number of aromatic nitrogens is 2. The number of para-hydroxylation sites is 2. The van der Waals surface area contributed by atoms with Crippen LogP contribution in [-0.2, 0) is 16.6 Å². The van der Waals surface area contributed by atoms with Crippen molar-refractivity contribution in [3.8, 4) is 0 Å². The molecule has 4 heteroatoms. The second-order valence-electron chi connectivity index (χ2n) is 4.99. The van der Waals surface area contributed by atoms with Crippen LogP contribution in [0, 0.1) is 5.92 Å². The fourth-order valence-electron chi connectivity index (χ4n) is 2.35. The number of benzene rings is 1. The van der Waals surface area contributed by atoms with Gasteiger partial charge in [-0.2, -0.15) is 0 Å². The molecule has 2 aromatic rings. The Balaban J connectivity index is 2.50. The topological polar surface area (TPSA) is 44.1 Å². The summed E-state index contributed by atoms with van der Waals surface area (Å²) >= 11 is 0. The van der Waals surface area contributed by atoms with Gasteiger partial charge in [-0.3, -0.25) is 4.79 Å². The zero-order valence-electron chi connectivity index (χ0n) is 11.9. The summed E-state index contributed by atoms with van der Waals surface area (Å²) < 4.78 is 7.16. The van der Waals surface area contributed by atoms with Crippen LogP contribution in [0.2, 0.25) is 0 Å². The number of nitrogens with zero attached hydrogens (tertiary/aromatic N) is 2. The summed E-state index contributed by atoms with van der Waals surface area (Å²) in [5.41, 5.74) is 1.95. The van der Waals surface area contributed by atoms with E-state index in [9.17, 15) is 4.79 Å². The van der Waals surface area contributed by atoms with Crippen molar-refractivity contribution >= 4 is 17.0 Å². The summed E-state index contributed by atoms with van der Waals surface area (Å²) in [7, 11) is 1.94. The van der Waals surface area contributed by atoms with E-state index in [1.54, 1.807) is 0 Å². The Morgan fingerprint density at radius 2 is 2.05 bits per heavy atom. The number of ether oxygens (including phenoxy) is 1. The first kappa shape index (κ1) is 13.6. The van der Waals surface area contributed by atoms with Crippen LogP contribution < -0.4 is 0 Å². The minimum atomic E-state index is -0.322. The third kappa shape index (κ3) is 2.48. The summed E-state index contributed by atoms with van der Waals surface area (Å²) in [5, 5.41) is 0. The molecule has 0 aliphatic carbocycles. The molecule has 0 amide bonds. The Hall–Kier alpha value is -1.84. The number of fused-ring (bicyclic) bond motifs is 1. The third-order valence-electron chi connectivity index (χ3n) is 3.31. The van der Waals surface area contributed by atoms with Crippen molar-refractivity contribution < 1.29 is 9.53 Å². The lowest BCUT2D eigenvalue weighted by atomic mass is 9.95. The van der Waals surface area contributed by atoms with Crippen molar-refractivity contribution in [3.63, 3.8) is 0 Å². The van der Waals surface area contributed by atoms with E-state index in [1.807, 2.05) is 56.7 Å². The minimum absolute atomic E-state index is 0.148. The maximum atomic E-state index is 12.1. The molecule has 0 fully saturated rings. The predicted octanol–water partition coefficient (Wildman–Crippen LogP) is 2.88. The molecule has 1 aromatic carbocycles. The van der Waals surface area contributed by atoms with Crippen LogP contribution in [0.4, 0.5) is 0 Å². The fraction of sp³-hybridized carbons (Fsp3) is 0.467. The molecule has 4 nitrogen and oxygen atoms in total. The lowest BCUT2D eigenvalue weighted by molar-refractivity contribution is -0.146. The van der Waals surface area contributed by atoms with Crippen molar-refractivity contribution in [1.29, 1.82) is 0 Å². The second-order valence-corrected chi connectivity index (χ2v) is 4.99. The van der Waals surface area contributed by atoms with E-state index in [2.05, 4.69) is 4.98 Å². The lowest BCUT2D eigenvalue weighted by Gasteiger charge is -2.18. The van der Waals surface area contributed by atoms with Crippen LogP contribution in [0.5, 0.6) is 0 Å². The number of aryl methyl sites for hydroxylation is 1. The van der Waals surface area contributed by atoms with E-state index in [0.29, 0.717) is 6.61 Å². The molecular formula is C15H20N2O2. The molecule has 0 radical (unpaired) electrons. The SMILES string of the molecule is CCOC(=O)C(c1nc2ccccc2n1C)C(C)C. The van der Waals surface area contributed by atoms with Gasteiger partial charge in [0.1, 0.15) is 11.7 Å². The highest BCUT2D eigenvalue weighted by Crippen LogP contribution is 2.27. The molecule has 2 rings (SSSR count). The van der Waals surface area contributed by atoms with Gasteiger partial charge >= 0.3 is 5.97 Å². The van der Waals surface area contributed by atoms with Crippen molar-refractivity contribution in [2.75, 3.05) is 6.61 Å². The molecule has 0 aliphatic heterocycles. The van der Waals surface area contributed by atoms with E-state index in [1.165, 1.54) is 0 Å². The van der Waals surface area contributed by atoms with Gasteiger partial charge in [0.25, 0.3) is 0 Å². The van der Waals surface area contributed by atoms with Gasteiger partial charge in [-0.1, -0.05) is 26.0 Å². The van der Waals surface area contributed by atoms with Crippen molar-refractivity contribution in [2.24, 2.45) is 13.0 Å². The molecule has 0 N–H and O–H groups in total. The van der Waals surface area contributed by atoms with Gasteiger partial charge in [-0.05, 0) is 25.0 Å². The number of hydrogen-bond acceptors (Lipinski definition) is 3. The van der Waals surface area contributed by atoms with E-state index >= 15 is 0 Å². The molecule has 0 bridgehead atoms. The first-order valence-electron chi connectivity index (χ1n) is 6.64. The number of rotatable bonds is 4. The average Bonchev–Trinajstić information content (AvgIpc) is 2.68. The van der Waals surface area contributed by atoms with Crippen LogP contribution in [0.25, 0.3) is 11.0 Å². The Morgan fingerprint density at radius 1 is 1.37 bits per heavy atom. The quantitative estimate of drug-likeness (QED) is 0.794. The smallest absolute Gasteiger partial charge is 0.316 e. The standard InChI is InChI=1S/C15H20N2O2/c1-5-19-15(18)13(10(2)3)14-16-11-8-6-7-9-12(11)17(14)4/h6-10,13H,5H2,1-4H3. The normalized spacial score (nSPS) is 12.9. The summed E-state index contributed by atoms with van der Waals surface area (Å²) in [6, 6.07) is 7.89. The summed E-state index contributed by atoms with van der Waals surface area (Å²) in [5.74, 6) is 0.400. The van der Waals surface area contributed by atoms with Crippen LogP contribution in [-0.4, -0.2) is 22.1 Å². The molecule has 0 spiro atoms. The van der Waals surface area contributed by atoms with Crippen LogP contribution in [0.15, 0.2) is 24.3 Å². The van der Waals surface area contributed by atoms with Crippen molar-refractivity contribution in [3.05, 3.63) is 30.1 Å². The van der Waals surface area contributed by atoms with Crippen molar-refractivity contribution in [2.45, 2.75) is 26.7 Å². The molecule has 1 heterocycles. The molecule has 1 atom stereocenters. The average molecular weight is 260 g/mol. The Bertz CT molecular complexity index is 587. The summed E-state index contributed by atoms with van der Waals surface area (Å²) in [4.78, 5) is 16.7. The molecular weight excluding hydrogens is 240 g/mol. The molecule has 1 aromatic heterocycles. The molecule has 1 unspecified atom stereocenters. The molecule has 0 saturated carbocycles. The lowest BCUT2D eigenvalue weighted by Crippen LogP contribution is -2.23. The minimum Gasteiger partial charge on any atom is -0.465 e. The zero-order valence-corrected chi connectivity index (χ0v) is 11.9. The molecule has 102 valence electrons. The predicted molar refractivity (Wildman–Crippen MR) is 74.9 cm³/mol. The first-order valence-corrected chi connectivity index (χ1v) is 6.64. The van der Waals surface area contributed by atoms with E-state index in [-0.39, 0.29) is 17.8 Å². The van der Waals surface area contributed by atoms with Crippen molar-refractivity contribution in [1.82, 2.24) is 9.55 Å². The van der Waals surface area contributed by atoms with Gasteiger partial charge in [0.15, 0.2) is 0 Å². The van der Waals surface area contributed by atoms with Gasteiger partial charge in [-0.15, -0.1) is 0 Å². The Kier molecular flexibility index (Phi) is 3.88. The number of esters is 1. The van der Waals surface area contributed by atoms with E-state index in [0.717, 1.165) is 16.9 Å². The van der Waals surface area contributed by atoms with Gasteiger partial charge < -0.3 is 9.30 Å². The molecule has 19 heavy (non-hydrogen) atoms. The number of carbonyl (C=O) groups excluding carboxylic acids is 1. The van der Waals surface area contributed by atoms with Gasteiger partial charge in [-0.25, -0.2) is 4.98 Å². The maximum Gasteiger partial charge on any atom is 0.316 e. The Labute approximate surface area is 113 Å². The fourth-order valence-corrected chi connectivity index (χ4v) is 2.35. The van der Waals surface area contributed by atoms with E-state index in [4.69, 9.17) is 4.74 Å². The number of imidazole rings is 1. The van der Waals surface area contributed by atoms with Crippen LogP contribution in [0.3, 0.4) is 0 Å². The maximum absolute atomic E-state index is 12.1. The van der Waals surface area contributed by atoms with Crippen LogP contribution >= 0.6 is 0 Å². The highest BCUT2D eigenvalue weighted by atomic mass is 16.5. The largest absolute Gasteiger partial charge is 0.465 e. The number of hydrogen-bond donors (Lipinski definition) is 0. The highest BCUT2D eigenvalue weighted by Gasteiger charge is 2.30. The van der Waals surface area contributed by atoms with Gasteiger partial charge in [0, 0.05) is 7.05 Å². The molecule has 0 aliphatic rings. The Morgan fingerprint density at radius 3 is 2.63 bits per heavy atom. The molecule has 0 saturated heterocycles. The summed E-state index contributed by atoms with van der Waals surface area (Å²) in [6.07, 6.45) is 0. The zero-order chi connectivity index (χ0) is 14.0. The summed E-state index contributed by atoms with van der Waals surface area (Å²) in [6.45, 7) is 6.25. The third-order valence-corrected chi connectivity index (χ3v) is 3.31.